The number of aliphatic hydroxyl groups is 1. The third kappa shape index (κ3) is 3.89. The Kier molecular flexibility index (Phi) is 5.35. The van der Waals surface area contributed by atoms with Gasteiger partial charge >= 0.3 is 0 Å². The zero-order valence-electron chi connectivity index (χ0n) is 15.8. The van der Waals surface area contributed by atoms with Crippen molar-refractivity contribution in [2.75, 3.05) is 18.5 Å². The number of nitrogens with zero attached hydrogens (tertiary/aromatic N) is 3. The molecule has 0 aliphatic carbocycles. The number of rotatable bonds is 4. The van der Waals surface area contributed by atoms with Crippen LogP contribution in [-0.2, 0) is 4.74 Å². The van der Waals surface area contributed by atoms with E-state index in [2.05, 4.69) is 20.3 Å². The maximum atomic E-state index is 14.7. The SMILES string of the molecule is C[C@H](N)c1ccnc2c(F)cc(-c3nc(N[C@@H]4CCOC[C@H]4O)ncc3F)cc12. The number of nitrogens with one attached hydrogen (secondary N) is 1. The van der Waals surface area contributed by atoms with Gasteiger partial charge in [-0.25, -0.2) is 18.7 Å². The Morgan fingerprint density at radius 3 is 2.86 bits per heavy atom. The van der Waals surface area contributed by atoms with E-state index in [1.54, 1.807) is 19.1 Å². The van der Waals surface area contributed by atoms with Crippen LogP contribution in [0.5, 0.6) is 0 Å². The molecule has 0 bridgehead atoms. The van der Waals surface area contributed by atoms with Gasteiger partial charge < -0.3 is 20.9 Å². The quantitative estimate of drug-likeness (QED) is 0.617. The van der Waals surface area contributed by atoms with Gasteiger partial charge in [-0.2, -0.15) is 0 Å². The molecule has 152 valence electrons. The zero-order valence-corrected chi connectivity index (χ0v) is 15.8. The van der Waals surface area contributed by atoms with Crippen LogP contribution in [0.4, 0.5) is 14.7 Å². The molecule has 0 amide bonds. The number of hydrogen-bond acceptors (Lipinski definition) is 7. The largest absolute Gasteiger partial charge is 0.389 e. The van der Waals surface area contributed by atoms with Crippen molar-refractivity contribution in [3.63, 3.8) is 0 Å². The predicted molar refractivity (Wildman–Crippen MR) is 104 cm³/mol. The van der Waals surface area contributed by atoms with Crippen molar-refractivity contribution >= 4 is 16.9 Å². The molecule has 0 radical (unpaired) electrons. The molecule has 0 saturated carbocycles. The maximum absolute atomic E-state index is 14.7. The van der Waals surface area contributed by atoms with Gasteiger partial charge in [0.15, 0.2) is 5.82 Å². The molecular formula is C20H21F2N5O2. The Bertz CT molecular complexity index is 1050. The highest BCUT2D eigenvalue weighted by Crippen LogP contribution is 2.30. The van der Waals surface area contributed by atoms with Crippen LogP contribution >= 0.6 is 0 Å². The normalized spacial score (nSPS) is 20.6. The fourth-order valence-corrected chi connectivity index (χ4v) is 3.46. The second-order valence-electron chi connectivity index (χ2n) is 7.12. The van der Waals surface area contributed by atoms with Gasteiger partial charge in [0.2, 0.25) is 5.95 Å². The van der Waals surface area contributed by atoms with E-state index in [0.29, 0.717) is 24.0 Å². The smallest absolute Gasteiger partial charge is 0.223 e. The van der Waals surface area contributed by atoms with E-state index in [4.69, 9.17) is 10.5 Å². The Morgan fingerprint density at radius 1 is 1.28 bits per heavy atom. The summed E-state index contributed by atoms with van der Waals surface area (Å²) in [6.07, 6.45) is 2.36. The van der Waals surface area contributed by atoms with Gasteiger partial charge in [-0.3, -0.25) is 4.98 Å². The minimum Gasteiger partial charge on any atom is -0.389 e. The number of ether oxygens (including phenoxy) is 1. The van der Waals surface area contributed by atoms with Crippen molar-refractivity contribution in [2.24, 2.45) is 5.73 Å². The van der Waals surface area contributed by atoms with Gasteiger partial charge in [0, 0.05) is 29.8 Å². The Labute approximate surface area is 166 Å². The second-order valence-corrected chi connectivity index (χ2v) is 7.12. The molecule has 7 nitrogen and oxygen atoms in total. The van der Waals surface area contributed by atoms with Gasteiger partial charge in [-0.1, -0.05) is 0 Å². The molecule has 9 heteroatoms. The Morgan fingerprint density at radius 2 is 2.10 bits per heavy atom. The molecule has 4 N–H and O–H groups in total. The molecule has 2 aromatic heterocycles. The van der Waals surface area contributed by atoms with Crippen LogP contribution in [0.2, 0.25) is 0 Å². The number of nitrogens with two attached hydrogens (primary N) is 1. The van der Waals surface area contributed by atoms with E-state index >= 15 is 0 Å². The van der Waals surface area contributed by atoms with Gasteiger partial charge in [0.05, 0.1) is 24.9 Å². The van der Waals surface area contributed by atoms with Crippen LogP contribution in [0, 0.1) is 11.6 Å². The minimum atomic E-state index is -0.723. The molecular weight excluding hydrogens is 380 g/mol. The highest BCUT2D eigenvalue weighted by Gasteiger charge is 2.25. The zero-order chi connectivity index (χ0) is 20.5. The summed E-state index contributed by atoms with van der Waals surface area (Å²) >= 11 is 0. The van der Waals surface area contributed by atoms with E-state index in [0.717, 1.165) is 6.20 Å². The maximum Gasteiger partial charge on any atom is 0.223 e. The van der Waals surface area contributed by atoms with Crippen molar-refractivity contribution in [1.29, 1.82) is 0 Å². The van der Waals surface area contributed by atoms with Crippen LogP contribution in [0.25, 0.3) is 22.2 Å². The van der Waals surface area contributed by atoms with Gasteiger partial charge in [0.25, 0.3) is 0 Å². The van der Waals surface area contributed by atoms with Gasteiger partial charge in [-0.15, -0.1) is 0 Å². The standard InChI is InChI=1S/C20H21F2N5O2/c1-10(23)12-2-4-24-19-13(12)6-11(7-14(19)21)18-15(22)8-25-20(27-18)26-16-3-5-29-9-17(16)28/h2,4,6-8,10,16-17,28H,3,5,9,23H2,1H3,(H,25,26,27)/t10-,16+,17+/m0/s1. The average molecular weight is 401 g/mol. The number of aromatic nitrogens is 3. The highest BCUT2D eigenvalue weighted by molar-refractivity contribution is 5.87. The van der Waals surface area contributed by atoms with E-state index in [1.165, 1.54) is 12.3 Å². The number of hydrogen-bond donors (Lipinski definition) is 3. The lowest BCUT2D eigenvalue weighted by molar-refractivity contribution is -0.0136. The third-order valence-corrected chi connectivity index (χ3v) is 4.98. The number of halogens is 2. The lowest BCUT2D eigenvalue weighted by Crippen LogP contribution is -2.42. The molecule has 3 atom stereocenters. The first-order chi connectivity index (χ1) is 13.9. The summed E-state index contributed by atoms with van der Waals surface area (Å²) in [6.45, 7) is 2.48. The van der Waals surface area contributed by atoms with Crippen molar-refractivity contribution in [3.05, 3.63) is 47.8 Å². The van der Waals surface area contributed by atoms with Crippen molar-refractivity contribution in [2.45, 2.75) is 31.5 Å². The van der Waals surface area contributed by atoms with Crippen LogP contribution in [0.15, 0.2) is 30.6 Å². The Balaban J connectivity index is 1.76. The number of pyridine rings is 1. The van der Waals surface area contributed by atoms with E-state index in [-0.39, 0.29) is 41.4 Å². The number of benzene rings is 1. The molecule has 4 rings (SSSR count). The first-order valence-corrected chi connectivity index (χ1v) is 9.33. The third-order valence-electron chi connectivity index (χ3n) is 4.98. The van der Waals surface area contributed by atoms with Crippen LogP contribution in [0.3, 0.4) is 0 Å². The van der Waals surface area contributed by atoms with Crippen molar-refractivity contribution in [3.8, 4) is 11.3 Å². The topological polar surface area (TPSA) is 106 Å². The molecule has 0 spiro atoms. The number of aliphatic hydroxyl groups excluding tert-OH is 1. The summed E-state index contributed by atoms with van der Waals surface area (Å²) in [6, 6.07) is 3.87. The fraction of sp³-hybridized carbons (Fsp3) is 0.350. The molecule has 1 aromatic carbocycles. The molecule has 1 fully saturated rings. The summed E-state index contributed by atoms with van der Waals surface area (Å²) in [4.78, 5) is 12.2. The first kappa shape index (κ1) is 19.6. The van der Waals surface area contributed by atoms with Crippen molar-refractivity contribution < 1.29 is 18.6 Å². The summed E-state index contributed by atoms with van der Waals surface area (Å²) in [5.74, 6) is -1.13. The van der Waals surface area contributed by atoms with Crippen LogP contribution in [0.1, 0.15) is 24.9 Å². The molecule has 3 aromatic rings. The van der Waals surface area contributed by atoms with Crippen LogP contribution < -0.4 is 11.1 Å². The summed E-state index contributed by atoms with van der Waals surface area (Å²) in [5.41, 5.74) is 7.07. The Hall–Kier alpha value is -2.75. The van der Waals surface area contributed by atoms with E-state index < -0.39 is 17.7 Å². The minimum absolute atomic E-state index is 0.0515. The fourth-order valence-electron chi connectivity index (χ4n) is 3.46. The lowest BCUT2D eigenvalue weighted by Gasteiger charge is -2.28. The van der Waals surface area contributed by atoms with E-state index in [9.17, 15) is 13.9 Å². The number of fused-ring (bicyclic) bond motifs is 1. The molecule has 29 heavy (non-hydrogen) atoms. The van der Waals surface area contributed by atoms with Crippen LogP contribution in [-0.4, -0.2) is 45.4 Å². The summed E-state index contributed by atoms with van der Waals surface area (Å²) in [5, 5.41) is 13.5. The molecule has 1 aliphatic rings. The predicted octanol–water partition coefficient (Wildman–Crippen LogP) is 2.55. The molecule has 0 unspecified atom stereocenters. The molecule has 3 heterocycles. The summed E-state index contributed by atoms with van der Waals surface area (Å²) in [7, 11) is 0. The highest BCUT2D eigenvalue weighted by atomic mass is 19.1. The second kappa shape index (κ2) is 7.94. The molecule has 1 aliphatic heterocycles. The summed E-state index contributed by atoms with van der Waals surface area (Å²) < 4.78 is 34.4. The molecule has 1 saturated heterocycles. The average Bonchev–Trinajstić information content (AvgIpc) is 2.70. The van der Waals surface area contributed by atoms with Gasteiger partial charge in [0.1, 0.15) is 17.0 Å². The number of anilines is 1. The lowest BCUT2D eigenvalue weighted by atomic mass is 10.00. The van der Waals surface area contributed by atoms with Gasteiger partial charge in [-0.05, 0) is 37.1 Å². The first-order valence-electron chi connectivity index (χ1n) is 9.33. The monoisotopic (exact) mass is 401 g/mol. The van der Waals surface area contributed by atoms with E-state index in [1.807, 2.05) is 0 Å². The van der Waals surface area contributed by atoms with Crippen molar-refractivity contribution in [1.82, 2.24) is 15.0 Å².